The highest BCUT2D eigenvalue weighted by Crippen LogP contribution is 2.24. The Morgan fingerprint density at radius 2 is 2.07 bits per heavy atom. The molecule has 0 spiro atoms. The molecule has 8 nitrogen and oxygen atoms in total. The summed E-state index contributed by atoms with van der Waals surface area (Å²) in [7, 11) is 0. The van der Waals surface area contributed by atoms with Gasteiger partial charge in [-0.1, -0.05) is 17.3 Å². The van der Waals surface area contributed by atoms with Gasteiger partial charge in [-0.2, -0.15) is 4.98 Å². The number of nitrogens with one attached hydrogen (secondary N) is 1. The molecule has 8 heteroatoms. The minimum Gasteiger partial charge on any atom is -0.354 e. The maximum atomic E-state index is 12.9. The van der Waals surface area contributed by atoms with Crippen molar-refractivity contribution < 1.29 is 9.32 Å². The molecule has 1 aliphatic heterocycles. The van der Waals surface area contributed by atoms with Gasteiger partial charge in [0.2, 0.25) is 17.6 Å². The van der Waals surface area contributed by atoms with Crippen LogP contribution in [0.4, 0.5) is 0 Å². The van der Waals surface area contributed by atoms with E-state index >= 15 is 0 Å². The Hall–Kier alpha value is -3.13. The Morgan fingerprint density at radius 3 is 2.82 bits per heavy atom. The molecule has 1 saturated heterocycles. The zero-order valence-electron chi connectivity index (χ0n) is 15.5. The van der Waals surface area contributed by atoms with Crippen LogP contribution in [0.3, 0.4) is 0 Å². The van der Waals surface area contributed by atoms with E-state index in [0.29, 0.717) is 30.4 Å². The van der Waals surface area contributed by atoms with Crippen LogP contribution >= 0.6 is 0 Å². The van der Waals surface area contributed by atoms with E-state index in [2.05, 4.69) is 30.3 Å². The predicted octanol–water partition coefficient (Wildman–Crippen LogP) is 2.02. The zero-order chi connectivity index (χ0) is 19.2. The van der Waals surface area contributed by atoms with Gasteiger partial charge in [0, 0.05) is 31.6 Å². The van der Waals surface area contributed by atoms with Crippen LogP contribution in [-0.2, 0) is 11.2 Å². The molecule has 0 aromatic carbocycles. The lowest BCUT2D eigenvalue weighted by Gasteiger charge is -2.26. The third-order valence-electron chi connectivity index (χ3n) is 4.75. The highest BCUT2D eigenvalue weighted by Gasteiger charge is 2.29. The van der Waals surface area contributed by atoms with Crippen LogP contribution in [-0.4, -0.2) is 50.5 Å². The smallest absolute Gasteiger partial charge is 0.242 e. The number of carbonyl (C=O) groups is 1. The normalized spacial score (nSPS) is 15.4. The largest absolute Gasteiger partial charge is 0.354 e. The second kappa shape index (κ2) is 8.71. The van der Waals surface area contributed by atoms with Crippen LogP contribution in [0, 0.1) is 0 Å². The minimum absolute atomic E-state index is 0.0284. The van der Waals surface area contributed by atoms with Gasteiger partial charge < -0.3 is 9.84 Å². The van der Waals surface area contributed by atoms with Gasteiger partial charge in [0.1, 0.15) is 11.7 Å². The molecule has 1 aliphatic rings. The molecular formula is C20H22N6O2. The van der Waals surface area contributed by atoms with E-state index in [1.165, 1.54) is 0 Å². The molecule has 0 bridgehead atoms. The molecule has 28 heavy (non-hydrogen) atoms. The number of hydrogen-bond donors (Lipinski definition) is 1. The summed E-state index contributed by atoms with van der Waals surface area (Å²) in [5.74, 6) is 0.895. The number of pyridine rings is 2. The zero-order valence-corrected chi connectivity index (χ0v) is 15.5. The predicted molar refractivity (Wildman–Crippen MR) is 102 cm³/mol. The van der Waals surface area contributed by atoms with Gasteiger partial charge in [-0.25, -0.2) is 0 Å². The summed E-state index contributed by atoms with van der Waals surface area (Å²) < 4.78 is 5.27. The SMILES string of the molecule is O=C(NCCc1nc(-c2ccccn2)no1)C(c1cccnc1)N1CCCC1. The fourth-order valence-electron chi connectivity index (χ4n) is 3.41. The molecule has 4 heterocycles. The van der Waals surface area contributed by atoms with E-state index in [1.807, 2.05) is 30.3 Å². The van der Waals surface area contributed by atoms with Crippen LogP contribution in [0.25, 0.3) is 11.5 Å². The van der Waals surface area contributed by atoms with Crippen LogP contribution in [0.5, 0.6) is 0 Å². The second-order valence-electron chi connectivity index (χ2n) is 6.70. The van der Waals surface area contributed by atoms with Crippen LogP contribution in [0.2, 0.25) is 0 Å². The Balaban J connectivity index is 1.37. The van der Waals surface area contributed by atoms with Gasteiger partial charge in [0.25, 0.3) is 0 Å². The van der Waals surface area contributed by atoms with Gasteiger partial charge in [0.05, 0.1) is 0 Å². The van der Waals surface area contributed by atoms with Crippen molar-refractivity contribution in [1.29, 1.82) is 0 Å². The first kappa shape index (κ1) is 18.2. The van der Waals surface area contributed by atoms with Crippen molar-refractivity contribution in [2.75, 3.05) is 19.6 Å². The number of nitrogens with zero attached hydrogens (tertiary/aromatic N) is 5. The quantitative estimate of drug-likeness (QED) is 0.672. The Labute approximate surface area is 163 Å². The van der Waals surface area contributed by atoms with Crippen molar-refractivity contribution in [3.8, 4) is 11.5 Å². The fourth-order valence-corrected chi connectivity index (χ4v) is 3.41. The lowest BCUT2D eigenvalue weighted by molar-refractivity contribution is -0.126. The van der Waals surface area contributed by atoms with Gasteiger partial charge >= 0.3 is 0 Å². The molecule has 0 radical (unpaired) electrons. The fraction of sp³-hybridized carbons (Fsp3) is 0.350. The molecule has 1 amide bonds. The van der Waals surface area contributed by atoms with E-state index in [-0.39, 0.29) is 11.9 Å². The van der Waals surface area contributed by atoms with E-state index in [9.17, 15) is 4.79 Å². The Bertz CT molecular complexity index is 893. The van der Waals surface area contributed by atoms with Crippen molar-refractivity contribution >= 4 is 5.91 Å². The van der Waals surface area contributed by atoms with Crippen molar-refractivity contribution in [2.45, 2.75) is 25.3 Å². The molecule has 1 N–H and O–H groups in total. The van der Waals surface area contributed by atoms with Gasteiger partial charge in [-0.15, -0.1) is 0 Å². The van der Waals surface area contributed by atoms with E-state index in [4.69, 9.17) is 4.52 Å². The van der Waals surface area contributed by atoms with Crippen molar-refractivity contribution in [3.05, 3.63) is 60.4 Å². The van der Waals surface area contributed by atoms with Crippen LogP contribution < -0.4 is 5.32 Å². The third kappa shape index (κ3) is 4.23. The number of likely N-dealkylation sites (tertiary alicyclic amines) is 1. The van der Waals surface area contributed by atoms with Gasteiger partial charge in [-0.3, -0.25) is 19.7 Å². The maximum Gasteiger partial charge on any atom is 0.242 e. The maximum absolute atomic E-state index is 12.9. The second-order valence-corrected chi connectivity index (χ2v) is 6.70. The average Bonchev–Trinajstić information content (AvgIpc) is 3.42. The lowest BCUT2D eigenvalue weighted by atomic mass is 10.1. The van der Waals surface area contributed by atoms with Crippen LogP contribution in [0.1, 0.15) is 30.3 Å². The van der Waals surface area contributed by atoms with Crippen molar-refractivity contribution in [1.82, 2.24) is 30.3 Å². The monoisotopic (exact) mass is 378 g/mol. The van der Waals surface area contributed by atoms with Crippen LogP contribution in [0.15, 0.2) is 53.4 Å². The van der Waals surface area contributed by atoms with Gasteiger partial charge in [0.15, 0.2) is 0 Å². The van der Waals surface area contributed by atoms with E-state index in [1.54, 1.807) is 18.6 Å². The number of amides is 1. The summed E-state index contributed by atoms with van der Waals surface area (Å²) in [4.78, 5) is 27.8. The number of aromatic nitrogens is 4. The summed E-state index contributed by atoms with van der Waals surface area (Å²) in [6.45, 7) is 2.27. The van der Waals surface area contributed by atoms with Crippen molar-refractivity contribution in [3.63, 3.8) is 0 Å². The highest BCUT2D eigenvalue weighted by atomic mass is 16.5. The molecule has 0 saturated carbocycles. The molecule has 3 aromatic heterocycles. The Kier molecular flexibility index (Phi) is 5.67. The molecule has 4 rings (SSSR count). The van der Waals surface area contributed by atoms with E-state index in [0.717, 1.165) is 31.5 Å². The van der Waals surface area contributed by atoms with E-state index < -0.39 is 0 Å². The molecular weight excluding hydrogens is 356 g/mol. The summed E-state index contributed by atoms with van der Waals surface area (Å²) in [6.07, 6.45) is 7.86. The number of carbonyl (C=O) groups excluding carboxylic acids is 1. The number of hydrogen-bond acceptors (Lipinski definition) is 7. The third-order valence-corrected chi connectivity index (χ3v) is 4.75. The molecule has 1 atom stereocenters. The topological polar surface area (TPSA) is 97.0 Å². The summed E-state index contributed by atoms with van der Waals surface area (Å²) >= 11 is 0. The lowest BCUT2D eigenvalue weighted by Crippen LogP contribution is -2.40. The highest BCUT2D eigenvalue weighted by molar-refractivity contribution is 5.83. The summed E-state index contributed by atoms with van der Waals surface area (Å²) in [6, 6.07) is 9.03. The number of rotatable bonds is 7. The van der Waals surface area contributed by atoms with Gasteiger partial charge in [-0.05, 0) is 49.7 Å². The molecule has 1 unspecified atom stereocenters. The first-order chi connectivity index (χ1) is 13.8. The molecule has 3 aromatic rings. The average molecular weight is 378 g/mol. The molecule has 0 aliphatic carbocycles. The Morgan fingerprint density at radius 1 is 1.18 bits per heavy atom. The van der Waals surface area contributed by atoms with Crippen molar-refractivity contribution in [2.24, 2.45) is 0 Å². The molecule has 144 valence electrons. The first-order valence-corrected chi connectivity index (χ1v) is 9.47. The minimum atomic E-state index is -0.317. The first-order valence-electron chi connectivity index (χ1n) is 9.47. The summed E-state index contributed by atoms with van der Waals surface area (Å²) in [5, 5.41) is 6.96. The standard InChI is InChI=1S/C20H22N6O2/c27-20(18(26-12-3-4-13-26)15-6-5-9-21-14-15)23-11-8-17-24-19(25-28-17)16-7-1-2-10-22-16/h1-2,5-7,9-10,14,18H,3-4,8,11-13H2,(H,23,27). The summed E-state index contributed by atoms with van der Waals surface area (Å²) in [5.41, 5.74) is 1.57. The molecule has 1 fully saturated rings.